The highest BCUT2D eigenvalue weighted by Gasteiger charge is 2.10. The Bertz CT molecular complexity index is 597. The molecule has 19 heavy (non-hydrogen) atoms. The van der Waals surface area contributed by atoms with Crippen molar-refractivity contribution in [2.24, 2.45) is 0 Å². The maximum Gasteiger partial charge on any atom is 0.223 e. The molecule has 0 aliphatic heterocycles. The first kappa shape index (κ1) is 13.6. The first-order chi connectivity index (χ1) is 8.99. The van der Waals surface area contributed by atoms with E-state index in [1.54, 1.807) is 13.1 Å². The number of benzene rings is 1. The van der Waals surface area contributed by atoms with Gasteiger partial charge in [0.05, 0.1) is 15.7 Å². The van der Waals surface area contributed by atoms with E-state index in [0.29, 0.717) is 17.3 Å². The Labute approximate surface area is 119 Å². The van der Waals surface area contributed by atoms with Crippen LogP contribution in [0.25, 0.3) is 0 Å². The summed E-state index contributed by atoms with van der Waals surface area (Å²) in [6.07, 6.45) is 0. The monoisotopic (exact) mass is 301 g/mol. The summed E-state index contributed by atoms with van der Waals surface area (Å²) >= 11 is 11.8. The van der Waals surface area contributed by atoms with Crippen LogP contribution in [0.4, 0.5) is 27.7 Å². The van der Waals surface area contributed by atoms with Gasteiger partial charge >= 0.3 is 0 Å². The van der Waals surface area contributed by atoms with Gasteiger partial charge in [-0.2, -0.15) is 9.97 Å². The minimum atomic E-state index is -0.515. The molecule has 0 bridgehead atoms. The van der Waals surface area contributed by atoms with E-state index in [4.69, 9.17) is 28.9 Å². The number of rotatable bonds is 3. The fraction of sp³-hybridized carbons (Fsp3) is 0.0909. The fourth-order valence-corrected chi connectivity index (χ4v) is 2.00. The molecule has 2 aromatic rings. The lowest BCUT2D eigenvalue weighted by Crippen LogP contribution is -2.04. The molecule has 8 heteroatoms. The van der Waals surface area contributed by atoms with Crippen molar-refractivity contribution in [3.63, 3.8) is 0 Å². The molecule has 2 rings (SSSR count). The number of aromatic nitrogens is 2. The summed E-state index contributed by atoms with van der Waals surface area (Å²) in [6, 6.07) is 3.92. The van der Waals surface area contributed by atoms with Crippen molar-refractivity contribution in [3.8, 4) is 0 Å². The fourth-order valence-electron chi connectivity index (χ4n) is 1.45. The summed E-state index contributed by atoms with van der Waals surface area (Å²) < 4.78 is 13.1. The smallest absolute Gasteiger partial charge is 0.223 e. The van der Waals surface area contributed by atoms with E-state index in [1.807, 2.05) is 0 Å². The van der Waals surface area contributed by atoms with Crippen LogP contribution in [-0.2, 0) is 0 Å². The number of anilines is 4. The van der Waals surface area contributed by atoms with Crippen molar-refractivity contribution in [1.82, 2.24) is 9.97 Å². The first-order valence-corrected chi connectivity index (χ1v) is 5.99. The number of nitrogens with one attached hydrogen (secondary N) is 2. The van der Waals surface area contributed by atoms with E-state index in [1.165, 1.54) is 0 Å². The van der Waals surface area contributed by atoms with Gasteiger partial charge in [0.15, 0.2) is 0 Å². The molecule has 0 saturated carbocycles. The summed E-state index contributed by atoms with van der Waals surface area (Å²) in [5, 5.41) is 6.01. The molecule has 0 unspecified atom stereocenters. The summed E-state index contributed by atoms with van der Waals surface area (Å²) in [4.78, 5) is 7.93. The highest BCUT2D eigenvalue weighted by molar-refractivity contribution is 6.39. The molecule has 0 aliphatic rings. The predicted molar refractivity (Wildman–Crippen MR) is 75.7 cm³/mol. The van der Waals surface area contributed by atoms with E-state index < -0.39 is 5.82 Å². The molecule has 0 radical (unpaired) electrons. The van der Waals surface area contributed by atoms with Crippen LogP contribution in [0.15, 0.2) is 18.2 Å². The van der Waals surface area contributed by atoms with Crippen molar-refractivity contribution in [2.75, 3.05) is 23.4 Å². The standard InChI is InChI=1S/C11H10Cl2FN5/c1-16-8-4-9(19-11(15)18-8)17-10-6(12)2-5(14)3-7(10)13/h2-4H,1H3,(H4,15,16,17,18,19). The highest BCUT2D eigenvalue weighted by Crippen LogP contribution is 2.33. The van der Waals surface area contributed by atoms with E-state index in [0.717, 1.165) is 12.1 Å². The lowest BCUT2D eigenvalue weighted by Gasteiger charge is -2.11. The zero-order valence-electron chi connectivity index (χ0n) is 9.84. The van der Waals surface area contributed by atoms with Crippen LogP contribution >= 0.6 is 23.2 Å². The second kappa shape index (κ2) is 5.46. The summed E-state index contributed by atoms with van der Waals surface area (Å²) in [7, 11) is 1.70. The normalized spacial score (nSPS) is 10.3. The largest absolute Gasteiger partial charge is 0.373 e. The number of nitrogens with zero attached hydrogens (tertiary/aromatic N) is 2. The summed E-state index contributed by atoms with van der Waals surface area (Å²) in [6.45, 7) is 0. The molecule has 0 spiro atoms. The maximum absolute atomic E-state index is 13.1. The van der Waals surface area contributed by atoms with Crippen molar-refractivity contribution < 1.29 is 4.39 Å². The maximum atomic E-state index is 13.1. The lowest BCUT2D eigenvalue weighted by atomic mass is 10.3. The Balaban J connectivity index is 2.39. The molecule has 0 fully saturated rings. The Morgan fingerprint density at radius 3 is 2.26 bits per heavy atom. The molecule has 0 aliphatic carbocycles. The molecule has 0 amide bonds. The Morgan fingerprint density at radius 1 is 1.11 bits per heavy atom. The quantitative estimate of drug-likeness (QED) is 0.811. The van der Waals surface area contributed by atoms with Gasteiger partial charge in [-0.15, -0.1) is 0 Å². The van der Waals surface area contributed by atoms with Crippen molar-refractivity contribution >= 4 is 46.5 Å². The van der Waals surface area contributed by atoms with Crippen LogP contribution in [0.3, 0.4) is 0 Å². The van der Waals surface area contributed by atoms with Crippen molar-refractivity contribution in [1.29, 1.82) is 0 Å². The van der Waals surface area contributed by atoms with Crippen LogP contribution in [0, 0.1) is 5.82 Å². The van der Waals surface area contributed by atoms with Crippen LogP contribution in [0.1, 0.15) is 0 Å². The summed E-state index contributed by atoms with van der Waals surface area (Å²) in [5.41, 5.74) is 5.91. The average molecular weight is 302 g/mol. The van der Waals surface area contributed by atoms with Gasteiger partial charge in [0.25, 0.3) is 0 Å². The molecule has 0 saturated heterocycles. The molecule has 100 valence electrons. The van der Waals surface area contributed by atoms with Crippen molar-refractivity contribution in [3.05, 3.63) is 34.1 Å². The molecular weight excluding hydrogens is 292 g/mol. The number of hydrogen-bond acceptors (Lipinski definition) is 5. The van der Waals surface area contributed by atoms with Crippen LogP contribution in [0.5, 0.6) is 0 Å². The Morgan fingerprint density at radius 2 is 1.68 bits per heavy atom. The van der Waals surface area contributed by atoms with Gasteiger partial charge < -0.3 is 16.4 Å². The van der Waals surface area contributed by atoms with Gasteiger partial charge in [-0.1, -0.05) is 23.2 Å². The van der Waals surface area contributed by atoms with E-state index in [9.17, 15) is 4.39 Å². The number of nitrogen functional groups attached to an aromatic ring is 1. The van der Waals surface area contributed by atoms with E-state index >= 15 is 0 Å². The summed E-state index contributed by atoms with van der Waals surface area (Å²) in [5.74, 6) is 0.499. The predicted octanol–water partition coefficient (Wildman–Crippen LogP) is 3.29. The number of nitrogens with two attached hydrogens (primary N) is 1. The topological polar surface area (TPSA) is 75.9 Å². The van der Waals surface area contributed by atoms with Crippen LogP contribution in [-0.4, -0.2) is 17.0 Å². The lowest BCUT2D eigenvalue weighted by molar-refractivity contribution is 0.628. The van der Waals surface area contributed by atoms with Crippen LogP contribution < -0.4 is 16.4 Å². The second-order valence-corrected chi connectivity index (χ2v) is 4.43. The molecular formula is C11H10Cl2FN5. The molecule has 5 nitrogen and oxygen atoms in total. The number of halogens is 3. The highest BCUT2D eigenvalue weighted by atomic mass is 35.5. The third-order valence-corrected chi connectivity index (χ3v) is 2.86. The molecule has 1 heterocycles. The minimum absolute atomic E-state index is 0.0868. The first-order valence-electron chi connectivity index (χ1n) is 5.23. The zero-order chi connectivity index (χ0) is 14.0. The van der Waals surface area contributed by atoms with Crippen LogP contribution in [0.2, 0.25) is 10.0 Å². The van der Waals surface area contributed by atoms with Gasteiger partial charge in [-0.3, -0.25) is 0 Å². The minimum Gasteiger partial charge on any atom is -0.373 e. The SMILES string of the molecule is CNc1cc(Nc2c(Cl)cc(F)cc2Cl)nc(N)n1. The zero-order valence-corrected chi connectivity index (χ0v) is 11.3. The van der Waals surface area contributed by atoms with Gasteiger partial charge in [0, 0.05) is 13.1 Å². The van der Waals surface area contributed by atoms with E-state index in [-0.39, 0.29) is 16.0 Å². The third-order valence-electron chi connectivity index (χ3n) is 2.26. The Kier molecular flexibility index (Phi) is 3.92. The Hall–Kier alpha value is -1.79. The van der Waals surface area contributed by atoms with Gasteiger partial charge in [0.1, 0.15) is 17.5 Å². The molecule has 0 atom stereocenters. The van der Waals surface area contributed by atoms with Gasteiger partial charge in [-0.05, 0) is 12.1 Å². The number of hydrogen-bond donors (Lipinski definition) is 3. The average Bonchev–Trinajstić information content (AvgIpc) is 2.33. The molecule has 1 aromatic heterocycles. The molecule has 4 N–H and O–H groups in total. The van der Waals surface area contributed by atoms with Gasteiger partial charge in [0.2, 0.25) is 5.95 Å². The second-order valence-electron chi connectivity index (χ2n) is 3.62. The third kappa shape index (κ3) is 3.15. The van der Waals surface area contributed by atoms with Crippen molar-refractivity contribution in [2.45, 2.75) is 0 Å². The molecule has 1 aromatic carbocycles. The van der Waals surface area contributed by atoms with Gasteiger partial charge in [-0.25, -0.2) is 4.39 Å². The van der Waals surface area contributed by atoms with E-state index in [2.05, 4.69) is 20.6 Å².